The minimum absolute atomic E-state index is 0.0575. The third-order valence-corrected chi connectivity index (χ3v) is 4.27. The van der Waals surface area contributed by atoms with E-state index in [1.807, 2.05) is 19.9 Å². The lowest BCUT2D eigenvalue weighted by Crippen LogP contribution is -2.00. The third kappa shape index (κ3) is 2.36. The van der Waals surface area contributed by atoms with Gasteiger partial charge in [-0.3, -0.25) is 0 Å². The van der Waals surface area contributed by atoms with E-state index in [0.717, 1.165) is 5.57 Å². The van der Waals surface area contributed by atoms with Gasteiger partial charge in [-0.15, -0.1) is 0 Å². The zero-order valence-electron chi connectivity index (χ0n) is 13.8. The van der Waals surface area contributed by atoms with Gasteiger partial charge in [-0.25, -0.2) is 4.79 Å². The summed E-state index contributed by atoms with van der Waals surface area (Å²) >= 11 is 0. The van der Waals surface area contributed by atoms with E-state index in [4.69, 9.17) is 8.83 Å². The Morgan fingerprint density at radius 3 is 2.56 bits per heavy atom. The molecule has 0 radical (unpaired) electrons. The summed E-state index contributed by atoms with van der Waals surface area (Å²) in [6.07, 6.45) is 2.40. The van der Waals surface area contributed by atoms with Crippen LogP contribution in [0, 0.1) is 0 Å². The Balaban J connectivity index is 2.14. The largest absolute Gasteiger partial charge is 0.508 e. The third-order valence-electron chi connectivity index (χ3n) is 4.27. The first-order chi connectivity index (χ1) is 12.0. The monoisotopic (exact) mass is 336 g/mol. The van der Waals surface area contributed by atoms with Crippen LogP contribution in [-0.4, -0.2) is 10.2 Å². The fourth-order valence-electron chi connectivity index (χ4n) is 3.04. The average Bonchev–Trinajstić information content (AvgIpc) is 2.92. The van der Waals surface area contributed by atoms with Crippen molar-refractivity contribution in [2.75, 3.05) is 0 Å². The van der Waals surface area contributed by atoms with Gasteiger partial charge in [-0.2, -0.15) is 0 Å². The van der Waals surface area contributed by atoms with Gasteiger partial charge in [0.25, 0.3) is 0 Å². The molecule has 4 rings (SSSR count). The molecule has 5 nitrogen and oxygen atoms in total. The van der Waals surface area contributed by atoms with Crippen LogP contribution in [0.25, 0.3) is 32.9 Å². The molecule has 2 aromatic carbocycles. The molecule has 2 N–H and O–H groups in total. The van der Waals surface area contributed by atoms with Crippen LogP contribution in [0.4, 0.5) is 0 Å². The molecule has 4 aromatic rings. The maximum atomic E-state index is 12.6. The standard InChI is InChI=1S/C20H16O5/c1-10(2)3-5-12-15(22)8-7-14-18(12)25-20(23)17-13-6-4-11(21)9-16(13)24-19(14)17/h3-4,6-9,21-22H,5H2,1-2H3. The normalized spacial score (nSPS) is 11.4. The summed E-state index contributed by atoms with van der Waals surface area (Å²) in [6, 6.07) is 7.83. The van der Waals surface area contributed by atoms with E-state index in [1.54, 1.807) is 18.2 Å². The van der Waals surface area contributed by atoms with E-state index < -0.39 is 5.63 Å². The van der Waals surface area contributed by atoms with Gasteiger partial charge in [-0.05, 0) is 44.5 Å². The van der Waals surface area contributed by atoms with Crippen LogP contribution in [0.3, 0.4) is 0 Å². The molecular weight excluding hydrogens is 320 g/mol. The number of hydrogen-bond donors (Lipinski definition) is 2. The van der Waals surface area contributed by atoms with Gasteiger partial charge in [0, 0.05) is 17.0 Å². The summed E-state index contributed by atoms with van der Waals surface area (Å²) in [7, 11) is 0. The SMILES string of the molecule is CC(C)=CCc1c(O)ccc2c1oc(=O)c1c3ccc(O)cc3oc21. The predicted molar refractivity (Wildman–Crippen MR) is 96.2 cm³/mol. The number of furan rings is 1. The molecular formula is C20H16O5. The Bertz CT molecular complexity index is 1220. The summed E-state index contributed by atoms with van der Waals surface area (Å²) in [5.41, 5.74) is 2.23. The van der Waals surface area contributed by atoms with Crippen LogP contribution in [-0.2, 0) is 6.42 Å². The lowest BCUT2D eigenvalue weighted by atomic mass is 10.0. The van der Waals surface area contributed by atoms with Gasteiger partial charge in [0.15, 0.2) is 5.58 Å². The molecule has 0 spiro atoms. The lowest BCUT2D eigenvalue weighted by Gasteiger charge is -2.06. The number of aromatic hydroxyl groups is 2. The Kier molecular flexibility index (Phi) is 3.32. The summed E-state index contributed by atoms with van der Waals surface area (Å²) in [6.45, 7) is 3.92. The first-order valence-electron chi connectivity index (χ1n) is 7.92. The quantitative estimate of drug-likeness (QED) is 0.412. The van der Waals surface area contributed by atoms with Crippen molar-refractivity contribution < 1.29 is 19.0 Å². The smallest absolute Gasteiger partial charge is 0.348 e. The fourth-order valence-corrected chi connectivity index (χ4v) is 3.04. The van der Waals surface area contributed by atoms with Crippen LogP contribution in [0.2, 0.25) is 0 Å². The Morgan fingerprint density at radius 2 is 1.80 bits per heavy atom. The van der Waals surface area contributed by atoms with Crippen LogP contribution >= 0.6 is 0 Å². The molecule has 0 aliphatic carbocycles. The Labute approximate surface area is 142 Å². The molecule has 5 heteroatoms. The first-order valence-corrected chi connectivity index (χ1v) is 7.92. The van der Waals surface area contributed by atoms with Crippen molar-refractivity contribution in [1.29, 1.82) is 0 Å². The van der Waals surface area contributed by atoms with E-state index in [9.17, 15) is 15.0 Å². The van der Waals surface area contributed by atoms with E-state index >= 15 is 0 Å². The van der Waals surface area contributed by atoms with Gasteiger partial charge in [0.1, 0.15) is 28.1 Å². The van der Waals surface area contributed by atoms with Gasteiger partial charge < -0.3 is 19.0 Å². The molecule has 2 heterocycles. The van der Waals surface area contributed by atoms with Crippen LogP contribution < -0.4 is 5.63 Å². The highest BCUT2D eigenvalue weighted by Crippen LogP contribution is 2.36. The van der Waals surface area contributed by atoms with Crippen LogP contribution in [0.15, 0.2) is 55.6 Å². The average molecular weight is 336 g/mol. The maximum Gasteiger partial charge on any atom is 0.348 e. The summed E-state index contributed by atoms with van der Waals surface area (Å²) in [4.78, 5) is 12.6. The van der Waals surface area contributed by atoms with Gasteiger partial charge in [-0.1, -0.05) is 11.6 Å². The van der Waals surface area contributed by atoms with Crippen molar-refractivity contribution >= 4 is 32.9 Å². The molecule has 0 saturated carbocycles. The summed E-state index contributed by atoms with van der Waals surface area (Å²) in [5, 5.41) is 21.4. The van der Waals surface area contributed by atoms with Crippen molar-refractivity contribution in [1.82, 2.24) is 0 Å². The number of rotatable bonds is 2. The zero-order valence-corrected chi connectivity index (χ0v) is 13.8. The van der Waals surface area contributed by atoms with Gasteiger partial charge >= 0.3 is 5.63 Å². The molecule has 0 aliphatic heterocycles. The molecule has 0 bridgehead atoms. The molecule has 0 atom stereocenters. The highest BCUT2D eigenvalue weighted by Gasteiger charge is 2.19. The molecule has 2 aromatic heterocycles. The topological polar surface area (TPSA) is 83.8 Å². The van der Waals surface area contributed by atoms with Crippen LogP contribution in [0.5, 0.6) is 11.5 Å². The summed E-state index contributed by atoms with van der Waals surface area (Å²) < 4.78 is 11.4. The number of benzene rings is 2. The number of fused-ring (bicyclic) bond motifs is 5. The van der Waals surface area contributed by atoms with Crippen molar-refractivity contribution in [2.45, 2.75) is 20.3 Å². The minimum Gasteiger partial charge on any atom is -0.508 e. The minimum atomic E-state index is -0.531. The second-order valence-corrected chi connectivity index (χ2v) is 6.30. The van der Waals surface area contributed by atoms with Gasteiger partial charge in [0.2, 0.25) is 0 Å². The first kappa shape index (κ1) is 15.3. The van der Waals surface area contributed by atoms with Crippen molar-refractivity contribution in [2.24, 2.45) is 0 Å². The predicted octanol–water partition coefficient (Wildman–Crippen LogP) is 4.61. The maximum absolute atomic E-state index is 12.6. The Hall–Kier alpha value is -3.21. The molecule has 126 valence electrons. The number of allylic oxidation sites excluding steroid dienone is 2. The Morgan fingerprint density at radius 1 is 1.04 bits per heavy atom. The van der Waals surface area contributed by atoms with E-state index in [-0.39, 0.29) is 11.5 Å². The highest BCUT2D eigenvalue weighted by atomic mass is 16.4. The molecule has 25 heavy (non-hydrogen) atoms. The van der Waals surface area contributed by atoms with Crippen molar-refractivity contribution in [3.8, 4) is 11.5 Å². The molecule has 0 aliphatic rings. The summed E-state index contributed by atoms with van der Waals surface area (Å²) in [5.74, 6) is 0.128. The van der Waals surface area contributed by atoms with Crippen LogP contribution in [0.1, 0.15) is 19.4 Å². The van der Waals surface area contributed by atoms with Crippen molar-refractivity contribution in [3.63, 3.8) is 0 Å². The molecule has 0 unspecified atom stereocenters. The molecule has 0 amide bonds. The number of hydrogen-bond acceptors (Lipinski definition) is 5. The second-order valence-electron chi connectivity index (χ2n) is 6.30. The van der Waals surface area contributed by atoms with E-state index in [1.165, 1.54) is 12.1 Å². The lowest BCUT2D eigenvalue weighted by molar-refractivity contribution is 0.467. The number of phenols is 2. The molecule has 0 fully saturated rings. The fraction of sp³-hybridized carbons (Fsp3) is 0.150. The van der Waals surface area contributed by atoms with E-state index in [0.29, 0.717) is 44.9 Å². The second kappa shape index (κ2) is 5.41. The van der Waals surface area contributed by atoms with Crippen molar-refractivity contribution in [3.05, 3.63) is 58.0 Å². The van der Waals surface area contributed by atoms with Gasteiger partial charge in [0.05, 0.1) is 5.39 Å². The van der Waals surface area contributed by atoms with E-state index in [2.05, 4.69) is 0 Å². The number of phenolic OH excluding ortho intramolecular Hbond substituents is 2. The highest BCUT2D eigenvalue weighted by molar-refractivity contribution is 6.13. The molecule has 0 saturated heterocycles. The zero-order chi connectivity index (χ0) is 17.7.